The van der Waals surface area contributed by atoms with Gasteiger partial charge in [0.15, 0.2) is 11.6 Å². The number of rotatable bonds is 4. The molecule has 8 nitrogen and oxygen atoms in total. The third-order valence-corrected chi connectivity index (χ3v) is 6.98. The van der Waals surface area contributed by atoms with Crippen LogP contribution in [0, 0.1) is 5.95 Å². The molecule has 0 aliphatic carbocycles. The Morgan fingerprint density at radius 2 is 1.75 bits per heavy atom. The molecular weight excluding hydrogens is 427 g/mol. The highest BCUT2D eigenvalue weighted by molar-refractivity contribution is 7.96. The van der Waals surface area contributed by atoms with Crippen LogP contribution in [0.5, 0.6) is 0 Å². The minimum absolute atomic E-state index is 0.0139. The van der Waals surface area contributed by atoms with Gasteiger partial charge in [0.1, 0.15) is 5.82 Å². The van der Waals surface area contributed by atoms with Gasteiger partial charge in [-0.2, -0.15) is 4.39 Å². The van der Waals surface area contributed by atoms with Crippen LogP contribution < -0.4 is 9.80 Å². The molecule has 1 atom stereocenters. The lowest BCUT2D eigenvalue weighted by Gasteiger charge is -2.37. The lowest BCUT2D eigenvalue weighted by molar-refractivity contribution is 0.430. The van der Waals surface area contributed by atoms with Gasteiger partial charge in [0.05, 0.1) is 11.7 Å². The molecule has 2 aliphatic heterocycles. The lowest BCUT2D eigenvalue weighted by Crippen LogP contribution is -2.43. The van der Waals surface area contributed by atoms with Crippen molar-refractivity contribution >= 4 is 23.5 Å². The van der Waals surface area contributed by atoms with Crippen LogP contribution in [-0.4, -0.2) is 68.2 Å². The third-order valence-electron chi connectivity index (χ3n) is 6.09. The summed E-state index contributed by atoms with van der Waals surface area (Å²) in [5, 5.41) is 0. The van der Waals surface area contributed by atoms with Gasteiger partial charge in [-0.05, 0) is 19.2 Å². The molecule has 3 aromatic rings. The van der Waals surface area contributed by atoms with E-state index < -0.39 is 5.95 Å². The first-order valence-corrected chi connectivity index (χ1v) is 11.9. The molecule has 0 saturated carbocycles. The highest BCUT2D eigenvalue weighted by atomic mass is 32.2. The summed E-state index contributed by atoms with van der Waals surface area (Å²) in [6.45, 7) is 6.46. The van der Waals surface area contributed by atoms with Gasteiger partial charge in [0, 0.05) is 81.1 Å². The van der Waals surface area contributed by atoms with Gasteiger partial charge in [-0.25, -0.2) is 29.2 Å². The van der Waals surface area contributed by atoms with Crippen LogP contribution in [0.2, 0.25) is 0 Å². The van der Waals surface area contributed by atoms with Gasteiger partial charge >= 0.3 is 0 Å². The number of hydrogen-bond donors (Lipinski definition) is 0. The number of nitrogens with zero attached hydrogens (tertiary/aromatic N) is 8. The van der Waals surface area contributed by atoms with E-state index in [9.17, 15) is 4.39 Å². The summed E-state index contributed by atoms with van der Waals surface area (Å²) >= 11 is 1.76. The zero-order valence-corrected chi connectivity index (χ0v) is 19.0. The smallest absolute Gasteiger partial charge is 0.216 e. The zero-order valence-electron chi connectivity index (χ0n) is 18.1. The summed E-state index contributed by atoms with van der Waals surface area (Å²) < 4.78 is 16.9. The first-order chi connectivity index (χ1) is 15.6. The first kappa shape index (κ1) is 21.0. The van der Waals surface area contributed by atoms with Crippen molar-refractivity contribution < 1.29 is 4.39 Å². The molecular formula is C22H25FN8S. The predicted molar refractivity (Wildman–Crippen MR) is 124 cm³/mol. The summed E-state index contributed by atoms with van der Waals surface area (Å²) in [5.74, 6) is 1.25. The number of anilines is 2. The van der Waals surface area contributed by atoms with E-state index in [0.717, 1.165) is 49.5 Å². The maximum atomic E-state index is 14.5. The number of aromatic nitrogens is 5. The van der Waals surface area contributed by atoms with Crippen LogP contribution in [0.3, 0.4) is 0 Å². The zero-order chi connectivity index (χ0) is 22.1. The van der Waals surface area contributed by atoms with Crippen LogP contribution in [0.1, 0.15) is 24.2 Å². The molecule has 166 valence electrons. The highest BCUT2D eigenvalue weighted by Crippen LogP contribution is 2.34. The second-order valence-electron chi connectivity index (χ2n) is 7.89. The number of halogens is 1. The largest absolute Gasteiger partial charge is 0.369 e. The number of pyridine rings is 1. The van der Waals surface area contributed by atoms with Gasteiger partial charge < -0.3 is 9.80 Å². The van der Waals surface area contributed by atoms with Crippen LogP contribution in [0.25, 0.3) is 11.6 Å². The number of fused-ring (bicyclic) bond motifs is 1. The summed E-state index contributed by atoms with van der Waals surface area (Å²) in [4.78, 5) is 26.3. The van der Waals surface area contributed by atoms with E-state index in [0.29, 0.717) is 24.0 Å². The van der Waals surface area contributed by atoms with Gasteiger partial charge in [0.2, 0.25) is 5.95 Å². The normalized spacial score (nSPS) is 19.2. The lowest BCUT2D eigenvalue weighted by atomic mass is 9.99. The summed E-state index contributed by atoms with van der Waals surface area (Å²) in [6.07, 6.45) is 8.02. The van der Waals surface area contributed by atoms with E-state index in [1.54, 1.807) is 30.4 Å². The van der Waals surface area contributed by atoms with Crippen LogP contribution in [0.4, 0.5) is 15.9 Å². The molecule has 1 fully saturated rings. The van der Waals surface area contributed by atoms with Gasteiger partial charge in [-0.1, -0.05) is 11.9 Å². The summed E-state index contributed by atoms with van der Waals surface area (Å²) in [6, 6.07) is 5.30. The molecule has 10 heteroatoms. The van der Waals surface area contributed by atoms with Crippen molar-refractivity contribution in [3.63, 3.8) is 0 Å². The van der Waals surface area contributed by atoms with Crippen molar-refractivity contribution in [3.8, 4) is 11.6 Å². The summed E-state index contributed by atoms with van der Waals surface area (Å²) in [7, 11) is 0. The molecule has 0 bridgehead atoms. The quantitative estimate of drug-likeness (QED) is 0.439. The Hall–Kier alpha value is -2.85. The van der Waals surface area contributed by atoms with E-state index >= 15 is 0 Å². The second kappa shape index (κ2) is 8.95. The highest BCUT2D eigenvalue weighted by Gasteiger charge is 2.28. The van der Waals surface area contributed by atoms with Crippen molar-refractivity contribution in [1.29, 1.82) is 0 Å². The number of hydrogen-bond acceptors (Lipinski definition) is 9. The van der Waals surface area contributed by atoms with E-state index in [4.69, 9.17) is 4.98 Å². The van der Waals surface area contributed by atoms with E-state index in [2.05, 4.69) is 47.2 Å². The van der Waals surface area contributed by atoms with Gasteiger partial charge in [0.25, 0.3) is 0 Å². The molecule has 32 heavy (non-hydrogen) atoms. The molecule has 0 spiro atoms. The minimum Gasteiger partial charge on any atom is -0.369 e. The van der Waals surface area contributed by atoms with Gasteiger partial charge in [-0.15, -0.1) is 0 Å². The molecule has 0 aromatic carbocycles. The number of piperazine rings is 1. The van der Waals surface area contributed by atoms with Gasteiger partial charge in [-0.3, -0.25) is 0 Å². The van der Waals surface area contributed by atoms with Crippen LogP contribution in [-0.2, 0) is 6.42 Å². The van der Waals surface area contributed by atoms with E-state index in [1.165, 1.54) is 6.07 Å². The Labute approximate surface area is 191 Å². The molecule has 5 heterocycles. The Morgan fingerprint density at radius 1 is 0.969 bits per heavy atom. The average Bonchev–Trinajstić information content (AvgIpc) is 2.84. The van der Waals surface area contributed by atoms with Crippen LogP contribution in [0.15, 0.2) is 36.8 Å². The molecule has 0 amide bonds. The third kappa shape index (κ3) is 4.12. The van der Waals surface area contributed by atoms with Crippen molar-refractivity contribution in [3.05, 3.63) is 54.0 Å². The van der Waals surface area contributed by atoms with E-state index in [-0.39, 0.29) is 6.04 Å². The monoisotopic (exact) mass is 452 g/mol. The predicted octanol–water partition coefficient (Wildman–Crippen LogP) is 2.99. The van der Waals surface area contributed by atoms with Crippen LogP contribution >= 0.6 is 11.9 Å². The molecule has 3 aromatic heterocycles. The fourth-order valence-corrected chi connectivity index (χ4v) is 4.86. The van der Waals surface area contributed by atoms with E-state index in [1.807, 2.05) is 12.3 Å². The minimum atomic E-state index is -0.449. The van der Waals surface area contributed by atoms with Crippen molar-refractivity contribution in [2.45, 2.75) is 19.4 Å². The maximum Gasteiger partial charge on any atom is 0.216 e. The Kier molecular flexibility index (Phi) is 5.88. The SMILES string of the molecule is CSN1CCN(c2cc(F)nc(N3CCc4nc(-c5ncccn5)ncc4C3C)c2)CC1. The summed E-state index contributed by atoms with van der Waals surface area (Å²) in [5.41, 5.74) is 2.90. The first-order valence-electron chi connectivity index (χ1n) is 10.7. The Bertz CT molecular complexity index is 1090. The molecule has 0 N–H and O–H groups in total. The molecule has 2 aliphatic rings. The van der Waals surface area contributed by atoms with Crippen molar-refractivity contribution in [2.24, 2.45) is 0 Å². The Morgan fingerprint density at radius 3 is 2.50 bits per heavy atom. The standard InChI is InChI=1S/C22H25FN8S/c1-15-17-14-26-22(21-24-5-3-6-25-21)27-18(17)4-7-31(15)20-13-16(12-19(23)28-20)29-8-10-30(32-2)11-9-29/h3,5-6,12-15H,4,7-11H2,1-2H3. The van der Waals surface area contributed by atoms with Crippen molar-refractivity contribution in [2.75, 3.05) is 48.8 Å². The molecule has 5 rings (SSSR count). The molecule has 1 unspecified atom stereocenters. The topological polar surface area (TPSA) is 74.2 Å². The fourth-order valence-electron chi connectivity index (χ4n) is 4.33. The molecule has 0 radical (unpaired) electrons. The fraction of sp³-hybridized carbons (Fsp3) is 0.409. The van der Waals surface area contributed by atoms with Crippen molar-refractivity contribution in [1.82, 2.24) is 29.2 Å². The molecule has 1 saturated heterocycles. The average molecular weight is 453 g/mol. The Balaban J connectivity index is 1.39. The second-order valence-corrected chi connectivity index (χ2v) is 8.77. The maximum absolute atomic E-state index is 14.5.